The molecule has 0 aromatic heterocycles. The zero-order valence-electron chi connectivity index (χ0n) is 21.8. The number of carbonyl (C=O) groups is 1. The third-order valence-corrected chi connectivity index (χ3v) is 10.8. The Hall–Kier alpha value is -1.09. The van der Waals surface area contributed by atoms with E-state index in [1.54, 1.807) is 26.8 Å². The van der Waals surface area contributed by atoms with Crippen LogP contribution in [0.5, 0.6) is 0 Å². The largest absolute Gasteiger partial charge is 0.390 e. The van der Waals surface area contributed by atoms with Crippen molar-refractivity contribution in [2.45, 2.75) is 115 Å². The predicted molar refractivity (Wildman–Crippen MR) is 131 cm³/mol. The van der Waals surface area contributed by atoms with Crippen molar-refractivity contribution in [3.63, 3.8) is 0 Å². The van der Waals surface area contributed by atoms with E-state index in [4.69, 9.17) is 0 Å². The number of allylic oxidation sites excluding steroid dienone is 1. The number of fused-ring (bicyclic) bond motifs is 5. The van der Waals surface area contributed by atoms with Gasteiger partial charge in [0.15, 0.2) is 5.78 Å². The third kappa shape index (κ3) is 3.80. The van der Waals surface area contributed by atoms with Gasteiger partial charge in [-0.25, -0.2) is 0 Å². The number of rotatable bonds is 5. The first-order valence-electron chi connectivity index (χ1n) is 13.0. The molecule has 4 aliphatic carbocycles. The first kappa shape index (κ1) is 27.0. The fraction of sp³-hybridized carbons (Fsp3) is 0.821. The first-order chi connectivity index (χ1) is 15.9. The van der Waals surface area contributed by atoms with Crippen molar-refractivity contribution in [2.24, 2.45) is 28.6 Å². The van der Waals surface area contributed by atoms with E-state index >= 15 is 0 Å². The molecule has 0 radical (unpaired) electrons. The van der Waals surface area contributed by atoms with Gasteiger partial charge in [-0.05, 0) is 100 Å². The quantitative estimate of drug-likeness (QED) is 0.323. The van der Waals surface area contributed by atoms with Gasteiger partial charge in [-0.2, -0.15) is 0 Å². The van der Waals surface area contributed by atoms with Crippen LogP contribution in [-0.4, -0.2) is 71.5 Å². The molecule has 0 spiro atoms. The van der Waals surface area contributed by atoms with Gasteiger partial charge in [0, 0.05) is 11.3 Å². The average molecular weight is 493 g/mol. The molecule has 198 valence electrons. The predicted octanol–water partition coefficient (Wildman–Crippen LogP) is 2.02. The highest BCUT2D eigenvalue weighted by molar-refractivity contribution is 5.95. The van der Waals surface area contributed by atoms with Crippen LogP contribution in [0, 0.1) is 28.6 Å². The number of hydrogen-bond acceptors (Lipinski definition) is 7. The smallest absolute Gasteiger partial charge is 0.159 e. The van der Waals surface area contributed by atoms with E-state index in [1.807, 2.05) is 13.8 Å². The molecule has 3 saturated carbocycles. The van der Waals surface area contributed by atoms with Gasteiger partial charge in [0.1, 0.15) is 0 Å². The molecule has 0 aromatic rings. The van der Waals surface area contributed by atoms with Crippen LogP contribution in [0.1, 0.15) is 79.6 Å². The molecular weight excluding hydrogens is 448 g/mol. The Morgan fingerprint density at radius 1 is 1.11 bits per heavy atom. The minimum Gasteiger partial charge on any atom is -0.390 e. The summed E-state index contributed by atoms with van der Waals surface area (Å²) in [5.74, 6) is -1.04. The Morgan fingerprint density at radius 2 is 1.74 bits per heavy atom. The third-order valence-electron chi connectivity index (χ3n) is 10.8. The Labute approximate surface area is 208 Å². The second-order valence-electron chi connectivity index (χ2n) is 13.2. The highest BCUT2D eigenvalue weighted by atomic mass is 16.3. The van der Waals surface area contributed by atoms with Crippen LogP contribution in [0.3, 0.4) is 0 Å². The molecule has 4 rings (SSSR count). The molecule has 4 aliphatic rings. The maximum Gasteiger partial charge on any atom is 0.159 e. The maximum atomic E-state index is 13.3. The summed E-state index contributed by atoms with van der Waals surface area (Å²) in [6.07, 6.45) is 1.27. The van der Waals surface area contributed by atoms with E-state index in [-0.39, 0.29) is 24.5 Å². The number of hydrogen-bond donors (Lipinski definition) is 6. The van der Waals surface area contributed by atoms with Crippen LogP contribution in [0.4, 0.5) is 0 Å². The number of ketones is 1. The minimum atomic E-state index is -1.54. The van der Waals surface area contributed by atoms with E-state index in [9.17, 15) is 35.4 Å². The molecular formula is C28H44O7. The molecule has 2 unspecified atom stereocenters. The van der Waals surface area contributed by atoms with Crippen LogP contribution in [0.15, 0.2) is 23.8 Å². The zero-order valence-corrected chi connectivity index (χ0v) is 21.8. The molecule has 10 atom stereocenters. The van der Waals surface area contributed by atoms with Gasteiger partial charge >= 0.3 is 0 Å². The van der Waals surface area contributed by atoms with Crippen molar-refractivity contribution < 1.29 is 35.4 Å². The molecule has 0 saturated heterocycles. The highest BCUT2D eigenvalue weighted by Gasteiger charge is 2.69. The summed E-state index contributed by atoms with van der Waals surface area (Å²) in [5, 5.41) is 65.9. The van der Waals surface area contributed by atoms with E-state index in [0.29, 0.717) is 43.3 Å². The minimum absolute atomic E-state index is 0.0330. The monoisotopic (exact) mass is 492 g/mol. The maximum absolute atomic E-state index is 13.3. The van der Waals surface area contributed by atoms with E-state index in [2.05, 4.69) is 6.58 Å². The van der Waals surface area contributed by atoms with Crippen molar-refractivity contribution in [2.75, 3.05) is 0 Å². The second kappa shape index (κ2) is 8.20. The van der Waals surface area contributed by atoms with E-state index in [1.165, 1.54) is 0 Å². The highest BCUT2D eigenvalue weighted by Crippen LogP contribution is 2.68. The molecule has 7 heteroatoms. The standard InChI is InChI=1S/C28H44O7/c1-15(24(2,3)33)11-23(32)27(6,34)22-8-10-28(35)17-12-19(29)18-13-20(30)21(31)14-25(18,4)16(17)7-9-26(22,28)5/h12,16,18,20-23,30-35H,1,7-11,13-14H2,2-6H3/t16?,18-,20+,21-,22+,23+,25+,26+,27?,28+/m0/s1. The van der Waals surface area contributed by atoms with Crippen molar-refractivity contribution in [3.8, 4) is 0 Å². The zero-order chi connectivity index (χ0) is 26.4. The van der Waals surface area contributed by atoms with Crippen molar-refractivity contribution in [1.82, 2.24) is 0 Å². The van der Waals surface area contributed by atoms with Crippen molar-refractivity contribution in [3.05, 3.63) is 23.8 Å². The van der Waals surface area contributed by atoms with Crippen molar-refractivity contribution >= 4 is 5.78 Å². The van der Waals surface area contributed by atoms with Crippen LogP contribution >= 0.6 is 0 Å². The topological polar surface area (TPSA) is 138 Å². The van der Waals surface area contributed by atoms with Gasteiger partial charge in [-0.15, -0.1) is 0 Å². The SMILES string of the molecule is C=C(C[C@@H](O)C(C)(O)[C@@H]1CC[C@@]2(O)C3=CC(=O)[C@@H]4C[C@@H](O)[C@@H](O)C[C@]4(C)C3CC[C@]12C)C(C)(C)O. The molecule has 6 N–H and O–H groups in total. The van der Waals surface area contributed by atoms with E-state index < -0.39 is 57.8 Å². The fourth-order valence-corrected chi connectivity index (χ4v) is 8.23. The Kier molecular flexibility index (Phi) is 6.32. The van der Waals surface area contributed by atoms with Gasteiger partial charge in [0.2, 0.25) is 0 Å². The summed E-state index contributed by atoms with van der Waals surface area (Å²) in [6.45, 7) is 12.6. The molecule has 7 nitrogen and oxygen atoms in total. The van der Waals surface area contributed by atoms with Gasteiger partial charge in [-0.1, -0.05) is 20.4 Å². The molecule has 0 bridgehead atoms. The lowest BCUT2D eigenvalue weighted by atomic mass is 9.45. The summed E-state index contributed by atoms with van der Waals surface area (Å²) >= 11 is 0. The van der Waals surface area contributed by atoms with Crippen LogP contribution < -0.4 is 0 Å². The van der Waals surface area contributed by atoms with Gasteiger partial charge in [0.05, 0.1) is 35.1 Å². The summed E-state index contributed by atoms with van der Waals surface area (Å²) in [4.78, 5) is 13.3. The lowest BCUT2D eigenvalue weighted by Gasteiger charge is -2.60. The molecule has 0 aliphatic heterocycles. The number of aliphatic hydroxyl groups excluding tert-OH is 3. The van der Waals surface area contributed by atoms with Crippen LogP contribution in [-0.2, 0) is 4.79 Å². The van der Waals surface area contributed by atoms with Crippen LogP contribution in [0.2, 0.25) is 0 Å². The summed E-state index contributed by atoms with van der Waals surface area (Å²) < 4.78 is 0. The lowest BCUT2D eigenvalue weighted by Crippen LogP contribution is -2.62. The average Bonchev–Trinajstić information content (AvgIpc) is 3.01. The Bertz CT molecular complexity index is 932. The van der Waals surface area contributed by atoms with Crippen LogP contribution in [0.25, 0.3) is 0 Å². The fourth-order valence-electron chi connectivity index (χ4n) is 8.23. The van der Waals surface area contributed by atoms with Gasteiger partial charge < -0.3 is 30.6 Å². The first-order valence-corrected chi connectivity index (χ1v) is 13.0. The summed E-state index contributed by atoms with van der Waals surface area (Å²) in [6, 6.07) is 0. The number of aliphatic hydroxyl groups is 6. The summed E-state index contributed by atoms with van der Waals surface area (Å²) in [5.41, 5.74) is -4.27. The normalized spacial score (nSPS) is 46.1. The van der Waals surface area contributed by atoms with Gasteiger partial charge in [-0.3, -0.25) is 4.79 Å². The molecule has 0 aromatic carbocycles. The molecule has 0 heterocycles. The van der Waals surface area contributed by atoms with Crippen molar-refractivity contribution in [1.29, 1.82) is 0 Å². The summed E-state index contributed by atoms with van der Waals surface area (Å²) in [7, 11) is 0. The molecule has 35 heavy (non-hydrogen) atoms. The Balaban J connectivity index is 1.67. The second-order valence-corrected chi connectivity index (χ2v) is 13.2. The number of carbonyl (C=O) groups excluding carboxylic acids is 1. The molecule has 3 fully saturated rings. The Morgan fingerprint density at radius 3 is 2.34 bits per heavy atom. The van der Waals surface area contributed by atoms with Gasteiger partial charge in [0.25, 0.3) is 0 Å². The molecule has 0 amide bonds. The van der Waals surface area contributed by atoms with E-state index in [0.717, 1.165) is 0 Å². The lowest BCUT2D eigenvalue weighted by molar-refractivity contribution is -0.175.